The van der Waals surface area contributed by atoms with Gasteiger partial charge in [-0.2, -0.15) is 8.42 Å². The van der Waals surface area contributed by atoms with Crippen LogP contribution in [0.15, 0.2) is 78.5 Å². The molecular formula is C40H41BBr2F9LiN7O8S4. The second-order valence-corrected chi connectivity index (χ2v) is 23.7. The fourth-order valence-corrected chi connectivity index (χ4v) is 14.6. The van der Waals surface area contributed by atoms with E-state index in [-0.39, 0.29) is 66.6 Å². The number of rotatable bonds is 6. The van der Waals surface area contributed by atoms with Crippen molar-refractivity contribution in [1.82, 2.24) is 0 Å². The number of aliphatic imine (C=N–C) groups is 3. The van der Waals surface area contributed by atoms with Gasteiger partial charge in [0.05, 0.1) is 54.7 Å². The van der Waals surface area contributed by atoms with Crippen molar-refractivity contribution in [3.8, 4) is 0 Å². The Balaban J connectivity index is 0.000000271. The third-order valence-electron chi connectivity index (χ3n) is 12.8. The number of carbonyl (C=O) groups is 1. The molecule has 3 saturated carbocycles. The Morgan fingerprint density at radius 2 is 0.972 bits per heavy atom. The average Bonchev–Trinajstić information content (AvgIpc) is 4.10. The van der Waals surface area contributed by atoms with Crippen LogP contribution in [0.5, 0.6) is 0 Å². The third-order valence-corrected chi connectivity index (χ3v) is 17.7. The van der Waals surface area contributed by atoms with Gasteiger partial charge in [-0.1, -0.05) is 67.1 Å². The predicted octanol–water partition coefficient (Wildman–Crippen LogP) is 3.67. The number of amidine groups is 3. The molecule has 6 aliphatic rings. The van der Waals surface area contributed by atoms with Crippen LogP contribution in [0.1, 0.15) is 38.9 Å². The van der Waals surface area contributed by atoms with Gasteiger partial charge >= 0.3 is 35.2 Å². The number of nitrogens with two attached hydrogens (primary N) is 4. The van der Waals surface area contributed by atoms with Gasteiger partial charge in [-0.15, -0.1) is 0 Å². The largest absolute Gasteiger partial charge is 1.00 e. The molecule has 0 unspecified atom stereocenters. The zero-order valence-corrected chi connectivity index (χ0v) is 44.2. The van der Waals surface area contributed by atoms with Crippen LogP contribution in [-0.4, -0.2) is 110 Å². The molecule has 3 heterocycles. The molecule has 9 atom stereocenters. The van der Waals surface area contributed by atoms with Gasteiger partial charge in [0, 0.05) is 39.7 Å². The van der Waals surface area contributed by atoms with Crippen molar-refractivity contribution in [3.63, 3.8) is 0 Å². The molecule has 0 aromatic heterocycles. The van der Waals surface area contributed by atoms with Gasteiger partial charge in [0.25, 0.3) is 17.8 Å². The Bertz CT molecular complexity index is 2770. The van der Waals surface area contributed by atoms with Crippen molar-refractivity contribution >= 4 is 113 Å². The summed E-state index contributed by atoms with van der Waals surface area (Å²) in [6.07, 6.45) is 0. The van der Waals surface area contributed by atoms with Gasteiger partial charge < -0.3 is 39.3 Å². The van der Waals surface area contributed by atoms with Gasteiger partial charge in [0.15, 0.2) is 20.2 Å². The summed E-state index contributed by atoms with van der Waals surface area (Å²) >= 11 is 8.20. The van der Waals surface area contributed by atoms with E-state index in [2.05, 4.69) is 51.6 Å². The minimum atomic E-state index is -4.67. The van der Waals surface area contributed by atoms with Gasteiger partial charge in [0.2, 0.25) is 0 Å². The summed E-state index contributed by atoms with van der Waals surface area (Å²) in [7, 11) is -3.64. The molecule has 0 saturated heterocycles. The van der Waals surface area contributed by atoms with E-state index in [4.69, 9.17) is 40.5 Å². The first kappa shape index (κ1) is 61.7. The van der Waals surface area contributed by atoms with E-state index in [0.29, 0.717) is 44.2 Å². The number of alkyl halides is 6. The van der Waals surface area contributed by atoms with E-state index in [1.807, 2.05) is 0 Å². The van der Waals surface area contributed by atoms with Gasteiger partial charge in [-0.3, -0.25) is 28.9 Å². The second-order valence-electron chi connectivity index (χ2n) is 17.0. The minimum Gasteiger partial charge on any atom is -1.00 e. The molecule has 3 aliphatic carbocycles. The zero-order valence-electron chi connectivity index (χ0n) is 38.8. The zero-order chi connectivity index (χ0) is 53.0. The van der Waals surface area contributed by atoms with Gasteiger partial charge in [0.1, 0.15) is 26.9 Å². The van der Waals surface area contributed by atoms with Crippen LogP contribution in [-0.2, 0) is 36.5 Å². The van der Waals surface area contributed by atoms with Crippen LogP contribution in [0.4, 0.5) is 45.2 Å². The van der Waals surface area contributed by atoms with Crippen LogP contribution in [0.25, 0.3) is 0 Å². The number of fused-ring (bicyclic) bond motifs is 3. The van der Waals surface area contributed by atoms with Gasteiger partial charge in [-0.25, -0.2) is 39.5 Å². The summed E-state index contributed by atoms with van der Waals surface area (Å²) in [6, 6.07) is 11.8. The van der Waals surface area contributed by atoms with E-state index in [1.165, 1.54) is 63.2 Å². The van der Waals surface area contributed by atoms with E-state index in [0.717, 1.165) is 19.2 Å². The van der Waals surface area contributed by atoms with Crippen LogP contribution < -0.4 is 41.8 Å². The number of ether oxygens (including phenoxy) is 1. The maximum atomic E-state index is 14.6. The van der Waals surface area contributed by atoms with Crippen molar-refractivity contribution in [2.75, 3.05) is 26.1 Å². The standard InChI is InChI=1S/C14H12BrF3N2O2S.C13H12BrF3N2OS.C13H14F3N3OS.B.Li.H2O4S.H/c1-12(7-5-6(15)3-4-8(7)16)9-13(10(21)22-2,14(9,17)18)23-11(19)20-12;1-11(7-4-6(14)2-3-8(7)15)9-12(5-20,13(9,16)17)21-10(18)19-11;1-11(7-4-6(17)2-3-8(7)14)9-12(5-20,13(9,15)16)21-10(18)19-11;;;1-5(2,3)4;/h3-5,9H,1-2H3,(H2,19,20);2-4,9,20H,5H2,1H3,(H2,18,19);2-4,9,20H,5,17H2,1H3,(H2,18,19);;;(H2,1,2,3,4);/q;;;;+1;;-1/t9-,12+,13-;2*9-,11+,12+;;;;/m000..../s1. The summed E-state index contributed by atoms with van der Waals surface area (Å²) in [6.45, 7) is 2.68. The number of methoxy groups -OCH3 is 1. The van der Waals surface area contributed by atoms with Crippen molar-refractivity contribution in [3.05, 3.63) is 97.7 Å². The number of aliphatic hydroxyl groups is 2. The fourth-order valence-electron chi connectivity index (χ4n) is 9.73. The van der Waals surface area contributed by atoms with Gasteiger partial charge in [-0.05, 0) is 75.4 Å². The molecule has 3 fully saturated rings. The number of nitrogens with zero attached hydrogens (tertiary/aromatic N) is 3. The second kappa shape index (κ2) is 20.3. The Morgan fingerprint density at radius 3 is 1.32 bits per heavy atom. The monoisotopic (exact) mass is 1220 g/mol. The number of anilines is 1. The van der Waals surface area contributed by atoms with Crippen LogP contribution >= 0.6 is 67.1 Å². The first-order valence-corrected chi connectivity index (χ1v) is 25.1. The molecule has 12 N–H and O–H groups in total. The minimum absolute atomic E-state index is 0. The van der Waals surface area contributed by atoms with E-state index in [9.17, 15) is 54.5 Å². The number of thioether (sulfide) groups is 3. The molecule has 389 valence electrons. The van der Waals surface area contributed by atoms with Crippen molar-refractivity contribution in [2.45, 2.75) is 69.4 Å². The summed E-state index contributed by atoms with van der Waals surface area (Å²) < 4.78 is 160. The number of aliphatic hydroxyl groups excluding tert-OH is 2. The average molecular weight is 1220 g/mol. The number of carbonyl (C=O) groups excluding carboxylic acids is 1. The third kappa shape index (κ3) is 9.81. The molecular weight excluding hydrogens is 1180 g/mol. The van der Waals surface area contributed by atoms with Crippen LogP contribution in [0, 0.1) is 35.2 Å². The molecule has 3 aromatic rings. The number of nitrogen functional groups attached to an aromatic ring is 1. The normalized spacial score (nSPS) is 33.3. The molecule has 32 heteroatoms. The van der Waals surface area contributed by atoms with E-state index in [1.54, 1.807) is 0 Å². The first-order chi connectivity index (χ1) is 32.0. The number of benzene rings is 3. The van der Waals surface area contributed by atoms with E-state index >= 15 is 0 Å². The Kier molecular flexibility index (Phi) is 17.4. The quantitative estimate of drug-likeness (QED) is 0.0575. The van der Waals surface area contributed by atoms with Crippen molar-refractivity contribution < 1.29 is 97.1 Å². The maximum absolute atomic E-state index is 14.6. The number of hydrogen-bond acceptors (Lipinski definition) is 16. The number of halogens is 11. The van der Waals surface area contributed by atoms with E-state index < -0.39 is 113 Å². The van der Waals surface area contributed by atoms with Crippen LogP contribution in [0.3, 0.4) is 0 Å². The SMILES string of the molecule is COC(=O)[C@@]12SC(N)=N[C@](C)(c3cc(Br)ccc3F)[C@@H]1C2(F)F.C[C@]1(c2cc(Br)ccc2F)N=C(N)S[C@]2(CO)[C@H]1C2(F)F.C[C@]1(c2cc(N)ccc2F)N=C(N)S[C@]2(CO)[C@H]1C2(F)F.O=S(=O)(O)O.[B].[H-].[Li+]. The smallest absolute Gasteiger partial charge is 1.00 e. The summed E-state index contributed by atoms with van der Waals surface area (Å²) in [5, 5.41) is 18.5. The molecule has 15 nitrogen and oxygen atoms in total. The predicted molar refractivity (Wildman–Crippen MR) is 259 cm³/mol. The molecule has 3 radical (unpaired) electrons. The molecule has 72 heavy (non-hydrogen) atoms. The molecule has 0 amide bonds. The fraction of sp³-hybridized carbons (Fsp3) is 0.450. The van der Waals surface area contributed by atoms with Crippen LogP contribution in [0.2, 0.25) is 0 Å². The summed E-state index contributed by atoms with van der Waals surface area (Å²) in [4.78, 5) is 24.3. The summed E-state index contributed by atoms with van der Waals surface area (Å²) in [5.41, 5.74) is 18.1. The Hall–Kier alpha value is -2.83. The molecule has 3 aromatic carbocycles. The first-order valence-electron chi connectivity index (χ1n) is 19.7. The molecule has 0 bridgehead atoms. The maximum Gasteiger partial charge on any atom is 1.00 e. The Labute approximate surface area is 450 Å². The topological polar surface area (TPSA) is 283 Å². The van der Waals surface area contributed by atoms with Crippen molar-refractivity contribution in [1.29, 1.82) is 0 Å². The molecule has 3 aliphatic heterocycles. The summed E-state index contributed by atoms with van der Waals surface area (Å²) in [5.74, 6) is -17.0. The number of hydrogen-bond donors (Lipinski definition) is 8. The molecule has 9 rings (SSSR count). The Morgan fingerprint density at radius 1 is 0.653 bits per heavy atom. The number of esters is 1. The van der Waals surface area contributed by atoms with Crippen molar-refractivity contribution in [2.24, 2.45) is 49.9 Å². The molecule has 0 spiro atoms.